The molecule has 1 unspecified atom stereocenters. The Hall–Kier alpha value is -3.18. The van der Waals surface area contributed by atoms with Crippen molar-refractivity contribution in [3.63, 3.8) is 0 Å². The van der Waals surface area contributed by atoms with E-state index in [0.29, 0.717) is 12.0 Å². The summed E-state index contributed by atoms with van der Waals surface area (Å²) in [7, 11) is -3.99. The van der Waals surface area contributed by atoms with E-state index in [9.17, 15) is 13.2 Å². The summed E-state index contributed by atoms with van der Waals surface area (Å²) >= 11 is 0. The Morgan fingerprint density at radius 3 is 2.28 bits per heavy atom. The van der Waals surface area contributed by atoms with Crippen LogP contribution >= 0.6 is 0 Å². The van der Waals surface area contributed by atoms with Crippen LogP contribution < -0.4 is 0 Å². The molecule has 4 rings (SSSR count). The molecule has 0 aliphatic carbocycles. The van der Waals surface area contributed by atoms with Gasteiger partial charge >= 0.3 is 0 Å². The normalized spacial score (nSPS) is 16.8. The second-order valence-electron chi connectivity index (χ2n) is 7.12. The molecule has 0 fully saturated rings. The summed E-state index contributed by atoms with van der Waals surface area (Å²) in [6, 6.07) is 22.8. The molecule has 0 radical (unpaired) electrons. The van der Waals surface area contributed by atoms with Crippen molar-refractivity contribution in [2.75, 3.05) is 0 Å². The molecule has 4 nitrogen and oxygen atoms in total. The molecule has 1 atom stereocenters. The van der Waals surface area contributed by atoms with Crippen LogP contribution in [0.2, 0.25) is 0 Å². The number of aryl methyl sites for hydroxylation is 1. The molecule has 0 bridgehead atoms. The smallest absolute Gasteiger partial charge is 0.268 e. The third-order valence-corrected chi connectivity index (χ3v) is 6.89. The lowest BCUT2D eigenvalue weighted by Gasteiger charge is -2.34. The molecule has 1 aliphatic rings. The molecule has 1 aliphatic heterocycles. The molecule has 1 heterocycles. The van der Waals surface area contributed by atoms with Gasteiger partial charge in [-0.25, -0.2) is 12.7 Å². The van der Waals surface area contributed by atoms with Crippen LogP contribution in [0.5, 0.6) is 0 Å². The topological polar surface area (TPSA) is 54.5 Å². The van der Waals surface area contributed by atoms with E-state index in [1.54, 1.807) is 42.5 Å². The molecule has 0 spiro atoms. The number of hydrogen-bond donors (Lipinski definition) is 0. The summed E-state index contributed by atoms with van der Waals surface area (Å²) < 4.78 is 27.9. The van der Waals surface area contributed by atoms with E-state index in [4.69, 9.17) is 0 Å². The highest BCUT2D eigenvalue weighted by Crippen LogP contribution is 2.30. The first-order chi connectivity index (χ1) is 14.0. The highest BCUT2D eigenvalue weighted by Gasteiger charge is 2.39. The third kappa shape index (κ3) is 3.74. The highest BCUT2D eigenvalue weighted by atomic mass is 32.2. The standard InChI is InChI=1S/C24H21NO3S/c1-18-11-15-22(16-12-18)29(27,28)25-21(14-13-19-7-3-2-4-8-19)17-20-9-5-6-10-23(20)24(25)26/h2-16,21H,17H2,1H3. The van der Waals surface area contributed by atoms with Crippen molar-refractivity contribution in [2.45, 2.75) is 24.3 Å². The van der Waals surface area contributed by atoms with Crippen LogP contribution in [-0.4, -0.2) is 24.7 Å². The van der Waals surface area contributed by atoms with Crippen LogP contribution in [-0.2, 0) is 16.4 Å². The van der Waals surface area contributed by atoms with Crippen LogP contribution in [0.1, 0.15) is 27.0 Å². The summed E-state index contributed by atoms with van der Waals surface area (Å²) in [5.74, 6) is -0.491. The zero-order valence-corrected chi connectivity index (χ0v) is 16.8. The van der Waals surface area contributed by atoms with Gasteiger partial charge in [0, 0.05) is 5.56 Å². The Kier molecular flexibility index (Phi) is 5.07. The molecule has 0 saturated heterocycles. The Bertz CT molecular complexity index is 1170. The molecule has 1 amide bonds. The number of rotatable bonds is 4. The van der Waals surface area contributed by atoms with E-state index in [-0.39, 0.29) is 4.90 Å². The molecule has 0 saturated carbocycles. The number of carbonyl (C=O) groups excluding carboxylic acids is 1. The maximum absolute atomic E-state index is 13.4. The minimum atomic E-state index is -3.99. The monoisotopic (exact) mass is 403 g/mol. The van der Waals surface area contributed by atoms with Gasteiger partial charge in [-0.15, -0.1) is 0 Å². The van der Waals surface area contributed by atoms with Crippen molar-refractivity contribution in [3.8, 4) is 0 Å². The van der Waals surface area contributed by atoms with Crippen molar-refractivity contribution in [2.24, 2.45) is 0 Å². The van der Waals surface area contributed by atoms with Crippen molar-refractivity contribution < 1.29 is 13.2 Å². The van der Waals surface area contributed by atoms with E-state index in [1.807, 2.05) is 55.5 Å². The summed E-state index contributed by atoms with van der Waals surface area (Å²) in [6.07, 6.45) is 4.11. The fraction of sp³-hybridized carbons (Fsp3) is 0.125. The van der Waals surface area contributed by atoms with Crippen LogP contribution in [0.3, 0.4) is 0 Å². The average Bonchev–Trinajstić information content (AvgIpc) is 2.73. The molecule has 29 heavy (non-hydrogen) atoms. The second kappa shape index (κ2) is 7.68. The summed E-state index contributed by atoms with van der Waals surface area (Å²) in [5, 5.41) is 0. The maximum atomic E-state index is 13.4. The van der Waals surface area contributed by atoms with Crippen molar-refractivity contribution in [3.05, 3.63) is 107 Å². The quantitative estimate of drug-likeness (QED) is 0.646. The summed E-state index contributed by atoms with van der Waals surface area (Å²) in [4.78, 5) is 13.4. The maximum Gasteiger partial charge on any atom is 0.268 e. The fourth-order valence-corrected chi connectivity index (χ4v) is 5.05. The van der Waals surface area contributed by atoms with Gasteiger partial charge < -0.3 is 0 Å². The average molecular weight is 404 g/mol. The van der Waals surface area contributed by atoms with Gasteiger partial charge in [-0.05, 0) is 42.7 Å². The minimum Gasteiger partial charge on any atom is -0.268 e. The first kappa shape index (κ1) is 19.2. The number of hydrogen-bond acceptors (Lipinski definition) is 3. The molecular weight excluding hydrogens is 382 g/mol. The minimum absolute atomic E-state index is 0.119. The highest BCUT2D eigenvalue weighted by molar-refractivity contribution is 7.89. The van der Waals surface area contributed by atoms with E-state index < -0.39 is 22.0 Å². The first-order valence-corrected chi connectivity index (χ1v) is 10.9. The van der Waals surface area contributed by atoms with Gasteiger partial charge in [-0.2, -0.15) is 0 Å². The number of nitrogens with zero attached hydrogens (tertiary/aromatic N) is 1. The molecule has 3 aromatic carbocycles. The molecule has 0 N–H and O–H groups in total. The van der Waals surface area contributed by atoms with E-state index >= 15 is 0 Å². The summed E-state index contributed by atoms with van der Waals surface area (Å²) in [5.41, 5.74) is 3.20. The lowest BCUT2D eigenvalue weighted by atomic mass is 9.94. The predicted octanol–water partition coefficient (Wildman–Crippen LogP) is 4.46. The van der Waals surface area contributed by atoms with Crippen LogP contribution in [0.4, 0.5) is 0 Å². The van der Waals surface area contributed by atoms with Crippen LogP contribution in [0, 0.1) is 6.92 Å². The predicted molar refractivity (Wildman–Crippen MR) is 114 cm³/mol. The number of carbonyl (C=O) groups is 1. The zero-order chi connectivity index (χ0) is 20.4. The van der Waals surface area contributed by atoms with Crippen molar-refractivity contribution in [1.82, 2.24) is 4.31 Å². The molecule has 3 aromatic rings. The van der Waals surface area contributed by atoms with E-state index in [2.05, 4.69) is 0 Å². The van der Waals surface area contributed by atoms with E-state index in [1.165, 1.54) is 0 Å². The van der Waals surface area contributed by atoms with Gasteiger partial charge in [0.15, 0.2) is 0 Å². The number of amides is 1. The lowest BCUT2D eigenvalue weighted by Crippen LogP contribution is -2.48. The first-order valence-electron chi connectivity index (χ1n) is 9.43. The van der Waals surface area contributed by atoms with E-state index in [0.717, 1.165) is 21.0 Å². The van der Waals surface area contributed by atoms with Gasteiger partial charge in [0.1, 0.15) is 0 Å². The largest absolute Gasteiger partial charge is 0.268 e. The SMILES string of the molecule is Cc1ccc(S(=O)(=O)N2C(=O)c3ccccc3CC2C=Cc2ccccc2)cc1. The molecular formula is C24H21NO3S. The molecule has 146 valence electrons. The van der Waals surface area contributed by atoms with Crippen LogP contribution in [0.25, 0.3) is 6.08 Å². The Morgan fingerprint density at radius 1 is 0.897 bits per heavy atom. The van der Waals surface area contributed by atoms with Crippen LogP contribution in [0.15, 0.2) is 89.8 Å². The Labute approximate surface area is 171 Å². The van der Waals surface area contributed by atoms with Crippen molar-refractivity contribution in [1.29, 1.82) is 0 Å². The van der Waals surface area contributed by atoms with Crippen molar-refractivity contribution >= 4 is 22.0 Å². The zero-order valence-electron chi connectivity index (χ0n) is 16.0. The molecule has 5 heteroatoms. The van der Waals surface area contributed by atoms with Gasteiger partial charge in [-0.1, -0.05) is 78.4 Å². The van der Waals surface area contributed by atoms with Gasteiger partial charge in [0.2, 0.25) is 0 Å². The van der Waals surface area contributed by atoms with Gasteiger partial charge in [-0.3, -0.25) is 4.79 Å². The number of fused-ring (bicyclic) bond motifs is 1. The Balaban J connectivity index is 1.79. The summed E-state index contributed by atoms with van der Waals surface area (Å²) in [6.45, 7) is 1.89. The Morgan fingerprint density at radius 2 is 1.55 bits per heavy atom. The lowest BCUT2D eigenvalue weighted by molar-refractivity contribution is 0.0823. The fourth-order valence-electron chi connectivity index (χ4n) is 3.53. The van der Waals surface area contributed by atoms with Gasteiger partial charge in [0.05, 0.1) is 10.9 Å². The second-order valence-corrected chi connectivity index (χ2v) is 8.93. The third-order valence-electron chi connectivity index (χ3n) is 5.07. The molecule has 0 aromatic heterocycles. The number of benzene rings is 3. The van der Waals surface area contributed by atoms with Gasteiger partial charge in [0.25, 0.3) is 15.9 Å². The number of sulfonamides is 1.